The quantitative estimate of drug-likeness (QED) is 0.384. The van der Waals surface area contributed by atoms with Crippen LogP contribution in [0.1, 0.15) is 7.43 Å². The van der Waals surface area contributed by atoms with Crippen LogP contribution < -0.4 is 0 Å². The molecule has 0 fully saturated rings. The fourth-order valence-corrected chi connectivity index (χ4v) is 0. The van der Waals surface area contributed by atoms with Crippen molar-refractivity contribution in [1.82, 2.24) is 0 Å². The molecule has 0 aliphatic heterocycles. The molecule has 0 saturated heterocycles. The minimum absolute atomic E-state index is 0. The van der Waals surface area contributed by atoms with Crippen LogP contribution in [-0.4, -0.2) is 56.9 Å². The van der Waals surface area contributed by atoms with Crippen molar-refractivity contribution in [2.75, 3.05) is 0 Å². The maximum absolute atomic E-state index is 0. The minimum atomic E-state index is 0. The average molecular weight is 121 g/mol. The monoisotopic (exact) mass is 121 g/mol. The summed E-state index contributed by atoms with van der Waals surface area (Å²) < 4.78 is 0. The number of rotatable bonds is 0. The molecule has 1 radical (unpaired) electrons. The van der Waals surface area contributed by atoms with Crippen LogP contribution in [0.4, 0.5) is 0 Å². The first-order chi connectivity index (χ1) is 0. The van der Waals surface area contributed by atoms with Gasteiger partial charge >= 0.3 is 0 Å². The van der Waals surface area contributed by atoms with Crippen molar-refractivity contribution in [2.45, 2.75) is 7.43 Å². The second kappa shape index (κ2) is 18.5. The van der Waals surface area contributed by atoms with E-state index in [1.165, 1.54) is 0 Å². The Morgan fingerprint density at radius 2 is 1.00 bits per heavy atom. The van der Waals surface area contributed by atoms with E-state index in [2.05, 4.69) is 0 Å². The van der Waals surface area contributed by atoms with Gasteiger partial charge in [0.05, 0.1) is 0 Å². The average Bonchev–Trinajstić information content (AvgIpc) is 0. The van der Waals surface area contributed by atoms with Crippen molar-refractivity contribution in [3.63, 3.8) is 0 Å². The van der Waals surface area contributed by atoms with E-state index < -0.39 is 0 Å². The zero-order chi connectivity index (χ0) is 0. The van der Waals surface area contributed by atoms with E-state index in [0.29, 0.717) is 0 Å². The van der Waals surface area contributed by atoms with E-state index in [0.717, 1.165) is 0 Å². The molecule has 0 aromatic carbocycles. The van der Waals surface area contributed by atoms with Gasteiger partial charge in [0.1, 0.15) is 0 Å². The fraction of sp³-hybridized carbons (Fsp3) is 1.00. The molecule has 0 aliphatic rings. The molecule has 0 aliphatic carbocycles. The predicted octanol–water partition coefficient (Wildman–Crippen LogP) is -0.572. The summed E-state index contributed by atoms with van der Waals surface area (Å²) in [7, 11) is 0. The molecule has 21 valence electrons. The number of hydrogen-bond donors (Lipinski definition) is 0. The molecule has 0 heterocycles. The molecular formula is CH6KOTi. The molecule has 0 spiro atoms. The zero-order valence-corrected chi connectivity index (χ0v) is 6.68. The molecule has 0 saturated carbocycles. The third-order valence-corrected chi connectivity index (χ3v) is 0. The van der Waals surface area contributed by atoms with Crippen molar-refractivity contribution in [3.8, 4) is 0 Å². The van der Waals surface area contributed by atoms with Gasteiger partial charge in [0, 0.05) is 73.1 Å². The van der Waals surface area contributed by atoms with Crippen molar-refractivity contribution in [1.29, 1.82) is 0 Å². The summed E-state index contributed by atoms with van der Waals surface area (Å²) in [6, 6.07) is 0. The Morgan fingerprint density at radius 1 is 1.00 bits per heavy atom. The van der Waals surface area contributed by atoms with Crippen molar-refractivity contribution < 1.29 is 27.2 Å². The van der Waals surface area contributed by atoms with Crippen LogP contribution in [0.25, 0.3) is 0 Å². The van der Waals surface area contributed by atoms with Crippen molar-refractivity contribution in [2.24, 2.45) is 0 Å². The molecule has 1 nitrogen and oxygen atoms in total. The summed E-state index contributed by atoms with van der Waals surface area (Å²) in [5.41, 5.74) is 0. The zero-order valence-electron chi connectivity index (χ0n) is 2.00. The van der Waals surface area contributed by atoms with Gasteiger partial charge in [-0.05, 0) is 0 Å². The molecular weight excluding hydrogens is 115 g/mol. The first-order valence-corrected chi connectivity index (χ1v) is 0. The van der Waals surface area contributed by atoms with Crippen molar-refractivity contribution in [3.05, 3.63) is 0 Å². The Balaban J connectivity index is 0. The van der Waals surface area contributed by atoms with E-state index >= 15 is 0 Å². The van der Waals surface area contributed by atoms with Crippen LogP contribution in [0.3, 0.4) is 0 Å². The Kier molecular flexibility index (Phi) is 154. The SMILES string of the molecule is C.O.[K].[Ti]. The standard InChI is InChI=1S/CH4.K.H2O.Ti/h1H4;;1H2;. The van der Waals surface area contributed by atoms with Gasteiger partial charge in [0.15, 0.2) is 0 Å². The third-order valence-electron chi connectivity index (χ3n) is 0. The van der Waals surface area contributed by atoms with Crippen LogP contribution in [0, 0.1) is 0 Å². The normalized spacial score (nSPS) is 0. The molecule has 0 atom stereocenters. The van der Waals surface area contributed by atoms with Crippen molar-refractivity contribution >= 4 is 51.4 Å². The van der Waals surface area contributed by atoms with Gasteiger partial charge in [0.25, 0.3) is 0 Å². The van der Waals surface area contributed by atoms with Gasteiger partial charge in [-0.25, -0.2) is 0 Å². The summed E-state index contributed by atoms with van der Waals surface area (Å²) in [5, 5.41) is 0. The summed E-state index contributed by atoms with van der Waals surface area (Å²) in [6.07, 6.45) is 0. The van der Waals surface area contributed by atoms with Gasteiger partial charge in [-0.3, -0.25) is 0 Å². The second-order valence-electron chi connectivity index (χ2n) is 0. The second-order valence-corrected chi connectivity index (χ2v) is 0. The topological polar surface area (TPSA) is 31.5 Å². The van der Waals surface area contributed by atoms with Gasteiger partial charge in [-0.1, -0.05) is 7.43 Å². The molecule has 2 N–H and O–H groups in total. The van der Waals surface area contributed by atoms with Crippen LogP contribution in [-0.2, 0) is 21.7 Å². The van der Waals surface area contributed by atoms with E-state index in [1.807, 2.05) is 0 Å². The molecule has 0 aromatic rings. The Labute approximate surface area is 84.1 Å². The Morgan fingerprint density at radius 3 is 1.00 bits per heavy atom. The van der Waals surface area contributed by atoms with Gasteiger partial charge in [0.2, 0.25) is 0 Å². The van der Waals surface area contributed by atoms with E-state index in [-0.39, 0.29) is 86.0 Å². The van der Waals surface area contributed by atoms with Gasteiger partial charge < -0.3 is 5.48 Å². The first-order valence-electron chi connectivity index (χ1n) is 0. The molecule has 0 bridgehead atoms. The maximum atomic E-state index is 0. The Bertz CT molecular complexity index is 8.00. The molecule has 3 heteroatoms. The van der Waals surface area contributed by atoms with Crippen LogP contribution >= 0.6 is 0 Å². The molecule has 4 heavy (non-hydrogen) atoms. The summed E-state index contributed by atoms with van der Waals surface area (Å²) in [5.74, 6) is 0. The molecule has 0 aromatic heterocycles. The smallest absolute Gasteiger partial charge is 0 e. The fourth-order valence-electron chi connectivity index (χ4n) is 0. The van der Waals surface area contributed by atoms with E-state index in [9.17, 15) is 0 Å². The van der Waals surface area contributed by atoms with Crippen LogP contribution in [0.5, 0.6) is 0 Å². The largest absolute Gasteiger partial charge is 0.412 e. The molecule has 0 amide bonds. The number of hydrogen-bond acceptors (Lipinski definition) is 0. The van der Waals surface area contributed by atoms with Crippen LogP contribution in [0.2, 0.25) is 0 Å². The third kappa shape index (κ3) is 8.85. The summed E-state index contributed by atoms with van der Waals surface area (Å²) >= 11 is 0. The van der Waals surface area contributed by atoms with E-state index in [4.69, 9.17) is 0 Å². The van der Waals surface area contributed by atoms with Crippen LogP contribution in [0.15, 0.2) is 0 Å². The summed E-state index contributed by atoms with van der Waals surface area (Å²) in [4.78, 5) is 0. The maximum Gasteiger partial charge on any atom is 0 e. The predicted molar refractivity (Wildman–Crippen MR) is 16.1 cm³/mol. The first kappa shape index (κ1) is 33.3. The van der Waals surface area contributed by atoms with Gasteiger partial charge in [-0.2, -0.15) is 0 Å². The van der Waals surface area contributed by atoms with Gasteiger partial charge in [-0.15, -0.1) is 0 Å². The molecule has 0 unspecified atom stereocenters. The minimum Gasteiger partial charge on any atom is -0.412 e. The van der Waals surface area contributed by atoms with E-state index in [1.54, 1.807) is 0 Å². The molecule has 0 rings (SSSR count). The Hall–Kier alpha value is 2.31. The summed E-state index contributed by atoms with van der Waals surface area (Å²) in [6.45, 7) is 0.